The second-order valence-corrected chi connectivity index (χ2v) is 5.99. The molecular weight excluding hydrogens is 264 g/mol. The first-order valence-electron chi connectivity index (χ1n) is 6.36. The van der Waals surface area contributed by atoms with Gasteiger partial charge >= 0.3 is 0 Å². The first-order chi connectivity index (χ1) is 8.93. The molecule has 0 spiro atoms. The molecule has 0 aliphatic carbocycles. The molecule has 3 N–H and O–H groups in total. The minimum Gasteiger partial charge on any atom is -0.326 e. The molecule has 0 aliphatic heterocycles. The molecule has 1 aromatic rings. The number of nitrogens with two attached hydrogens (primary N) is 1. The van der Waals surface area contributed by atoms with Crippen molar-refractivity contribution in [2.24, 2.45) is 5.14 Å². The summed E-state index contributed by atoms with van der Waals surface area (Å²) in [6, 6.07) is 5.82. The third-order valence-electron chi connectivity index (χ3n) is 2.72. The van der Waals surface area contributed by atoms with Crippen LogP contribution in [-0.2, 0) is 14.8 Å². The SMILES string of the molecule is CCCCCCC(=O)Nc1ccc(S(N)(=O)=O)cc1. The number of carbonyl (C=O) groups excluding carboxylic acids is 1. The number of nitrogens with one attached hydrogen (secondary N) is 1. The van der Waals surface area contributed by atoms with E-state index in [9.17, 15) is 13.2 Å². The van der Waals surface area contributed by atoms with Gasteiger partial charge in [0.1, 0.15) is 0 Å². The number of amides is 1. The Kier molecular flexibility index (Phi) is 5.98. The number of benzene rings is 1. The van der Waals surface area contributed by atoms with Crippen LogP contribution in [-0.4, -0.2) is 14.3 Å². The number of carbonyl (C=O) groups is 1. The monoisotopic (exact) mass is 284 g/mol. The molecule has 6 heteroatoms. The number of hydrogen-bond acceptors (Lipinski definition) is 3. The Hall–Kier alpha value is -1.40. The topological polar surface area (TPSA) is 89.3 Å². The van der Waals surface area contributed by atoms with Crippen LogP contribution < -0.4 is 10.5 Å². The summed E-state index contributed by atoms with van der Waals surface area (Å²) in [6.07, 6.45) is 4.67. The summed E-state index contributed by atoms with van der Waals surface area (Å²) in [5.41, 5.74) is 0.577. The fourth-order valence-corrected chi connectivity index (χ4v) is 2.18. The fraction of sp³-hybridized carbons (Fsp3) is 0.462. The molecule has 19 heavy (non-hydrogen) atoms. The molecule has 1 rings (SSSR count). The highest BCUT2D eigenvalue weighted by molar-refractivity contribution is 7.89. The highest BCUT2D eigenvalue weighted by Crippen LogP contribution is 2.13. The van der Waals surface area contributed by atoms with Crippen molar-refractivity contribution < 1.29 is 13.2 Å². The van der Waals surface area contributed by atoms with Crippen LogP contribution in [0.3, 0.4) is 0 Å². The van der Waals surface area contributed by atoms with E-state index in [0.717, 1.165) is 25.7 Å². The van der Waals surface area contributed by atoms with Gasteiger partial charge in [-0.3, -0.25) is 4.79 Å². The highest BCUT2D eigenvalue weighted by Gasteiger charge is 2.07. The van der Waals surface area contributed by atoms with Crippen LogP contribution in [0, 0.1) is 0 Å². The lowest BCUT2D eigenvalue weighted by Gasteiger charge is -2.05. The minimum atomic E-state index is -3.68. The maximum absolute atomic E-state index is 11.6. The smallest absolute Gasteiger partial charge is 0.238 e. The van der Waals surface area contributed by atoms with Crippen LogP contribution in [0.1, 0.15) is 39.0 Å². The lowest BCUT2D eigenvalue weighted by atomic mass is 10.1. The molecule has 0 saturated heterocycles. The highest BCUT2D eigenvalue weighted by atomic mass is 32.2. The minimum absolute atomic E-state index is 0.0356. The quantitative estimate of drug-likeness (QED) is 0.752. The van der Waals surface area contributed by atoms with Crippen molar-refractivity contribution in [3.8, 4) is 0 Å². The van der Waals surface area contributed by atoms with E-state index in [4.69, 9.17) is 5.14 Å². The van der Waals surface area contributed by atoms with E-state index < -0.39 is 10.0 Å². The largest absolute Gasteiger partial charge is 0.326 e. The van der Waals surface area contributed by atoms with Crippen molar-refractivity contribution >= 4 is 21.6 Å². The van der Waals surface area contributed by atoms with Gasteiger partial charge in [0.15, 0.2) is 0 Å². The van der Waals surface area contributed by atoms with Gasteiger partial charge in [-0.1, -0.05) is 26.2 Å². The zero-order chi connectivity index (χ0) is 14.3. The number of sulfonamides is 1. The van der Waals surface area contributed by atoms with Gasteiger partial charge in [0.05, 0.1) is 4.90 Å². The van der Waals surface area contributed by atoms with Crippen LogP contribution in [0.4, 0.5) is 5.69 Å². The second kappa shape index (κ2) is 7.25. The van der Waals surface area contributed by atoms with Gasteiger partial charge in [-0.05, 0) is 30.7 Å². The number of rotatable bonds is 7. The molecule has 106 valence electrons. The Morgan fingerprint density at radius 3 is 2.32 bits per heavy atom. The lowest BCUT2D eigenvalue weighted by molar-refractivity contribution is -0.116. The predicted molar refractivity (Wildman–Crippen MR) is 75.2 cm³/mol. The van der Waals surface area contributed by atoms with Crippen molar-refractivity contribution in [3.05, 3.63) is 24.3 Å². The van der Waals surface area contributed by atoms with Crippen LogP contribution in [0.5, 0.6) is 0 Å². The molecule has 0 aliphatic rings. The molecule has 0 radical (unpaired) electrons. The molecule has 1 aromatic carbocycles. The van der Waals surface area contributed by atoms with Gasteiger partial charge in [0.2, 0.25) is 15.9 Å². The van der Waals surface area contributed by atoms with Crippen LogP contribution in [0.2, 0.25) is 0 Å². The van der Waals surface area contributed by atoms with E-state index in [1.165, 1.54) is 24.3 Å². The Bertz CT molecular complexity index is 509. The molecule has 0 atom stereocenters. The molecule has 0 saturated carbocycles. The molecule has 5 nitrogen and oxygen atoms in total. The summed E-state index contributed by atoms with van der Waals surface area (Å²) >= 11 is 0. The molecule has 0 heterocycles. The summed E-state index contributed by atoms with van der Waals surface area (Å²) in [6.45, 7) is 2.12. The lowest BCUT2D eigenvalue weighted by Crippen LogP contribution is -2.13. The van der Waals surface area contributed by atoms with E-state index in [2.05, 4.69) is 12.2 Å². The van der Waals surface area contributed by atoms with Gasteiger partial charge < -0.3 is 5.32 Å². The zero-order valence-electron chi connectivity index (χ0n) is 11.1. The summed E-state index contributed by atoms with van der Waals surface area (Å²) in [5.74, 6) is -0.0561. The van der Waals surface area contributed by atoms with Crippen LogP contribution in [0.15, 0.2) is 29.2 Å². The maximum Gasteiger partial charge on any atom is 0.238 e. The second-order valence-electron chi connectivity index (χ2n) is 4.43. The zero-order valence-corrected chi connectivity index (χ0v) is 11.9. The summed E-state index contributed by atoms with van der Waals surface area (Å²) < 4.78 is 22.1. The molecule has 0 bridgehead atoms. The van der Waals surface area contributed by atoms with E-state index in [1.807, 2.05) is 0 Å². The van der Waals surface area contributed by atoms with Crippen molar-refractivity contribution in [1.29, 1.82) is 0 Å². The number of hydrogen-bond donors (Lipinski definition) is 2. The summed E-state index contributed by atoms with van der Waals surface area (Å²) in [5, 5.41) is 7.71. The molecule has 0 aromatic heterocycles. The molecule has 0 fully saturated rings. The molecule has 0 unspecified atom stereocenters. The molecular formula is C13H20N2O3S. The van der Waals surface area contributed by atoms with E-state index in [1.54, 1.807) is 0 Å². The van der Waals surface area contributed by atoms with Gasteiger partial charge in [-0.15, -0.1) is 0 Å². The van der Waals surface area contributed by atoms with Crippen LogP contribution in [0.25, 0.3) is 0 Å². The first kappa shape index (κ1) is 15.7. The Morgan fingerprint density at radius 2 is 1.79 bits per heavy atom. The Balaban J connectivity index is 2.47. The Morgan fingerprint density at radius 1 is 1.16 bits per heavy atom. The van der Waals surface area contributed by atoms with Gasteiger partial charge in [-0.2, -0.15) is 0 Å². The fourth-order valence-electron chi connectivity index (χ4n) is 1.66. The number of unbranched alkanes of at least 4 members (excludes halogenated alkanes) is 3. The summed E-state index contributed by atoms with van der Waals surface area (Å²) in [7, 11) is -3.68. The number of anilines is 1. The molecule has 1 amide bonds. The maximum atomic E-state index is 11.6. The standard InChI is InChI=1S/C13H20N2O3S/c1-2-3-4-5-6-13(16)15-11-7-9-12(10-8-11)19(14,17)18/h7-10H,2-6H2,1H3,(H,15,16)(H2,14,17,18). The van der Waals surface area contributed by atoms with Gasteiger partial charge in [-0.25, -0.2) is 13.6 Å². The van der Waals surface area contributed by atoms with E-state index in [-0.39, 0.29) is 10.8 Å². The Labute approximate surface area is 114 Å². The average Bonchev–Trinajstić information content (AvgIpc) is 2.34. The van der Waals surface area contributed by atoms with Crippen molar-refractivity contribution in [2.75, 3.05) is 5.32 Å². The third kappa shape index (κ3) is 5.85. The predicted octanol–water partition coefficient (Wildman–Crippen LogP) is 2.24. The van der Waals surface area contributed by atoms with Crippen LogP contribution >= 0.6 is 0 Å². The van der Waals surface area contributed by atoms with Gasteiger partial charge in [0, 0.05) is 12.1 Å². The normalized spacial score (nSPS) is 11.3. The summed E-state index contributed by atoms with van der Waals surface area (Å²) in [4.78, 5) is 11.6. The average molecular weight is 284 g/mol. The van der Waals surface area contributed by atoms with Crippen molar-refractivity contribution in [3.63, 3.8) is 0 Å². The van der Waals surface area contributed by atoms with Crippen molar-refractivity contribution in [2.45, 2.75) is 43.9 Å². The van der Waals surface area contributed by atoms with Gasteiger partial charge in [0.25, 0.3) is 0 Å². The third-order valence-corrected chi connectivity index (χ3v) is 3.65. The first-order valence-corrected chi connectivity index (χ1v) is 7.91. The van der Waals surface area contributed by atoms with E-state index in [0.29, 0.717) is 12.1 Å². The van der Waals surface area contributed by atoms with Crippen molar-refractivity contribution in [1.82, 2.24) is 0 Å². The van der Waals surface area contributed by atoms with E-state index >= 15 is 0 Å². The number of primary sulfonamides is 1.